The average Bonchev–Trinajstić information content (AvgIpc) is 2.85. The van der Waals surface area contributed by atoms with E-state index in [0.717, 1.165) is 30.3 Å². The van der Waals surface area contributed by atoms with Crippen molar-refractivity contribution in [1.29, 1.82) is 0 Å². The largest absolute Gasteiger partial charge is 0.349 e. The number of nitrogens with one attached hydrogen (secondary N) is 1. The van der Waals surface area contributed by atoms with Gasteiger partial charge in [0.2, 0.25) is 0 Å². The fraction of sp³-hybridized carbons (Fsp3) is 0.556. The van der Waals surface area contributed by atoms with Crippen molar-refractivity contribution in [2.24, 2.45) is 14.1 Å². The normalized spacial score (nSPS) is 16.0. The first-order chi connectivity index (χ1) is 11.9. The maximum absolute atomic E-state index is 12.9. The minimum Gasteiger partial charge on any atom is -0.349 e. The first-order valence-electron chi connectivity index (χ1n) is 8.78. The van der Waals surface area contributed by atoms with E-state index in [4.69, 9.17) is 0 Å². The van der Waals surface area contributed by atoms with Crippen LogP contribution in [0.2, 0.25) is 0 Å². The van der Waals surface area contributed by atoms with E-state index in [2.05, 4.69) is 10.3 Å². The van der Waals surface area contributed by atoms with Crippen molar-refractivity contribution in [2.75, 3.05) is 0 Å². The zero-order valence-corrected chi connectivity index (χ0v) is 15.0. The second-order valence-corrected chi connectivity index (χ2v) is 6.88. The van der Waals surface area contributed by atoms with Crippen molar-refractivity contribution in [3.8, 4) is 0 Å². The molecule has 0 aliphatic heterocycles. The van der Waals surface area contributed by atoms with Gasteiger partial charge < -0.3 is 5.32 Å². The monoisotopic (exact) mass is 344 g/mol. The summed E-state index contributed by atoms with van der Waals surface area (Å²) in [5.41, 5.74) is 0.200. The summed E-state index contributed by atoms with van der Waals surface area (Å²) in [6, 6.07) is 1.76. The number of hydrogen-bond acceptors (Lipinski definition) is 4. The summed E-state index contributed by atoms with van der Waals surface area (Å²) in [4.78, 5) is 41.9. The van der Waals surface area contributed by atoms with Crippen LogP contribution in [-0.2, 0) is 14.1 Å². The van der Waals surface area contributed by atoms with Gasteiger partial charge in [0.15, 0.2) is 0 Å². The lowest BCUT2D eigenvalue weighted by Crippen LogP contribution is -2.40. The molecule has 1 aliphatic rings. The highest BCUT2D eigenvalue weighted by Gasteiger charge is 2.21. The summed E-state index contributed by atoms with van der Waals surface area (Å²) >= 11 is 0. The average molecular weight is 344 g/mol. The standard InChI is InChI=1S/C18H24N4O3/c1-11-10-13(16(23)20-12-8-6-4-5-7-9-12)14-15(19-11)21(2)18(25)22(3)17(14)24/h10,12H,4-9H2,1-3H3,(H,20,23). The molecular weight excluding hydrogens is 320 g/mol. The van der Waals surface area contributed by atoms with E-state index in [1.807, 2.05) is 0 Å². The molecule has 3 rings (SSSR count). The smallest absolute Gasteiger partial charge is 0.332 e. The Hall–Kier alpha value is -2.44. The van der Waals surface area contributed by atoms with Crippen molar-refractivity contribution >= 4 is 16.9 Å². The maximum atomic E-state index is 12.9. The van der Waals surface area contributed by atoms with Gasteiger partial charge in [0.25, 0.3) is 11.5 Å². The van der Waals surface area contributed by atoms with Gasteiger partial charge in [-0.15, -0.1) is 0 Å². The summed E-state index contributed by atoms with van der Waals surface area (Å²) in [7, 11) is 2.97. The molecule has 2 aromatic rings. The number of aromatic nitrogens is 3. The number of nitrogens with zero attached hydrogens (tertiary/aromatic N) is 3. The van der Waals surface area contributed by atoms with Crippen LogP contribution in [0.15, 0.2) is 15.7 Å². The van der Waals surface area contributed by atoms with Crippen LogP contribution in [0.25, 0.3) is 11.0 Å². The zero-order valence-electron chi connectivity index (χ0n) is 15.0. The Balaban J connectivity index is 2.10. The van der Waals surface area contributed by atoms with Crippen LogP contribution >= 0.6 is 0 Å². The van der Waals surface area contributed by atoms with E-state index in [1.165, 1.54) is 24.5 Å². The van der Waals surface area contributed by atoms with Crippen LogP contribution in [0.1, 0.15) is 54.6 Å². The molecule has 0 saturated heterocycles. The predicted octanol–water partition coefficient (Wildman–Crippen LogP) is 1.39. The number of carbonyl (C=O) groups excluding carboxylic acids is 1. The van der Waals surface area contributed by atoms with Gasteiger partial charge >= 0.3 is 5.69 Å². The summed E-state index contributed by atoms with van der Waals surface area (Å²) in [6.45, 7) is 1.75. The molecule has 2 heterocycles. The second kappa shape index (κ2) is 6.82. The van der Waals surface area contributed by atoms with Crippen LogP contribution in [-0.4, -0.2) is 26.1 Å². The van der Waals surface area contributed by atoms with Crippen molar-refractivity contribution in [2.45, 2.75) is 51.5 Å². The molecule has 2 aromatic heterocycles. The van der Waals surface area contributed by atoms with Crippen LogP contribution in [0.5, 0.6) is 0 Å². The van der Waals surface area contributed by atoms with E-state index in [1.54, 1.807) is 20.0 Å². The molecule has 134 valence electrons. The lowest BCUT2D eigenvalue weighted by atomic mass is 10.1. The molecule has 1 fully saturated rings. The summed E-state index contributed by atoms with van der Waals surface area (Å²) in [6.07, 6.45) is 6.54. The van der Waals surface area contributed by atoms with Gasteiger partial charge in [-0.25, -0.2) is 9.78 Å². The molecule has 1 N–H and O–H groups in total. The minimum atomic E-state index is -0.489. The second-order valence-electron chi connectivity index (χ2n) is 6.88. The molecule has 0 aromatic carbocycles. The van der Waals surface area contributed by atoms with Crippen LogP contribution in [0, 0.1) is 6.92 Å². The van der Waals surface area contributed by atoms with E-state index < -0.39 is 11.2 Å². The van der Waals surface area contributed by atoms with E-state index in [-0.39, 0.29) is 23.0 Å². The lowest BCUT2D eigenvalue weighted by molar-refractivity contribution is 0.0934. The Morgan fingerprint density at radius 1 is 1.12 bits per heavy atom. The van der Waals surface area contributed by atoms with Gasteiger partial charge in [-0.05, 0) is 25.8 Å². The molecule has 0 bridgehead atoms. The predicted molar refractivity (Wildman–Crippen MR) is 95.9 cm³/mol. The van der Waals surface area contributed by atoms with Crippen molar-refractivity contribution in [1.82, 2.24) is 19.4 Å². The van der Waals surface area contributed by atoms with E-state index >= 15 is 0 Å². The Morgan fingerprint density at radius 2 is 1.76 bits per heavy atom. The number of pyridine rings is 1. The fourth-order valence-electron chi connectivity index (χ4n) is 3.55. The highest BCUT2D eigenvalue weighted by atomic mass is 16.2. The molecule has 1 saturated carbocycles. The van der Waals surface area contributed by atoms with Crippen molar-refractivity contribution < 1.29 is 4.79 Å². The van der Waals surface area contributed by atoms with Crippen LogP contribution in [0.3, 0.4) is 0 Å². The lowest BCUT2D eigenvalue weighted by Gasteiger charge is -2.17. The molecule has 0 spiro atoms. The van der Waals surface area contributed by atoms with Gasteiger partial charge in [-0.3, -0.25) is 18.7 Å². The summed E-state index contributed by atoms with van der Waals surface area (Å²) < 4.78 is 2.33. The van der Waals surface area contributed by atoms with Crippen LogP contribution in [0.4, 0.5) is 0 Å². The highest BCUT2D eigenvalue weighted by Crippen LogP contribution is 2.19. The van der Waals surface area contributed by atoms with Crippen LogP contribution < -0.4 is 16.6 Å². The number of hydrogen-bond donors (Lipinski definition) is 1. The Kier molecular flexibility index (Phi) is 4.74. The first kappa shape index (κ1) is 17.4. The molecule has 7 nitrogen and oxygen atoms in total. The van der Waals surface area contributed by atoms with Gasteiger partial charge in [0, 0.05) is 25.8 Å². The molecular formula is C18H24N4O3. The Bertz CT molecular complexity index is 934. The molecule has 0 radical (unpaired) electrons. The molecule has 1 aliphatic carbocycles. The number of aryl methyl sites for hydroxylation is 2. The van der Waals surface area contributed by atoms with Crippen molar-refractivity contribution in [3.05, 3.63) is 38.2 Å². The number of carbonyl (C=O) groups is 1. The quantitative estimate of drug-likeness (QED) is 0.834. The molecule has 7 heteroatoms. The molecule has 1 amide bonds. The third kappa shape index (κ3) is 3.23. The molecule has 0 unspecified atom stereocenters. The van der Waals surface area contributed by atoms with Gasteiger partial charge in [-0.2, -0.15) is 0 Å². The number of amides is 1. The Labute approximate surface area is 145 Å². The van der Waals surface area contributed by atoms with Gasteiger partial charge in [-0.1, -0.05) is 25.7 Å². The number of rotatable bonds is 2. The maximum Gasteiger partial charge on any atom is 0.332 e. The SMILES string of the molecule is Cc1cc(C(=O)NC2CCCCCC2)c2c(=O)n(C)c(=O)n(C)c2n1. The van der Waals surface area contributed by atoms with E-state index in [0.29, 0.717) is 11.3 Å². The third-order valence-corrected chi connectivity index (χ3v) is 4.97. The van der Waals surface area contributed by atoms with E-state index in [9.17, 15) is 14.4 Å². The molecule has 25 heavy (non-hydrogen) atoms. The molecule has 0 atom stereocenters. The first-order valence-corrected chi connectivity index (χ1v) is 8.78. The summed E-state index contributed by atoms with van der Waals surface area (Å²) in [5, 5.41) is 3.27. The highest BCUT2D eigenvalue weighted by molar-refractivity contribution is 6.05. The topological polar surface area (TPSA) is 86.0 Å². The summed E-state index contributed by atoms with van der Waals surface area (Å²) in [5.74, 6) is -0.266. The zero-order chi connectivity index (χ0) is 18.1. The third-order valence-electron chi connectivity index (χ3n) is 4.97. The van der Waals surface area contributed by atoms with Gasteiger partial charge in [0.1, 0.15) is 5.65 Å². The van der Waals surface area contributed by atoms with Crippen molar-refractivity contribution in [3.63, 3.8) is 0 Å². The minimum absolute atomic E-state index is 0.134. The Morgan fingerprint density at radius 3 is 2.40 bits per heavy atom. The van der Waals surface area contributed by atoms with Gasteiger partial charge in [0.05, 0.1) is 10.9 Å². The number of fused-ring (bicyclic) bond motifs is 1. The fourth-order valence-corrected chi connectivity index (χ4v) is 3.55.